The lowest BCUT2D eigenvalue weighted by atomic mass is 9.72. The van der Waals surface area contributed by atoms with Gasteiger partial charge in [-0.05, 0) is 60.1 Å². The van der Waals surface area contributed by atoms with Gasteiger partial charge in [0.1, 0.15) is 0 Å². The number of Topliss-reactive ketones (excluding diaryl/α,β-unsaturated/α-hetero) is 1. The molecule has 0 aromatic carbocycles. The lowest BCUT2D eigenvalue weighted by Crippen LogP contribution is -2.27. The van der Waals surface area contributed by atoms with Crippen molar-refractivity contribution in [3.63, 3.8) is 0 Å². The molecular formula is C24H33NO. The maximum atomic E-state index is 13.0. The molecule has 140 valence electrons. The van der Waals surface area contributed by atoms with E-state index < -0.39 is 0 Å². The third-order valence-electron chi connectivity index (χ3n) is 5.00. The maximum absolute atomic E-state index is 13.0. The van der Waals surface area contributed by atoms with E-state index in [0.29, 0.717) is 0 Å². The minimum absolute atomic E-state index is 0.172. The Kier molecular flexibility index (Phi) is 5.37. The van der Waals surface area contributed by atoms with E-state index in [1.54, 1.807) is 0 Å². The second-order valence-corrected chi connectivity index (χ2v) is 9.41. The molecule has 0 unspecified atom stereocenters. The van der Waals surface area contributed by atoms with E-state index in [2.05, 4.69) is 104 Å². The molecular weight excluding hydrogens is 318 g/mol. The summed E-state index contributed by atoms with van der Waals surface area (Å²) in [5.74, 6) is 0.181. The average Bonchev–Trinajstić information content (AvgIpc) is 2.49. The van der Waals surface area contributed by atoms with Gasteiger partial charge in [0.05, 0.1) is 0 Å². The first kappa shape index (κ1) is 20.2. The van der Waals surface area contributed by atoms with Gasteiger partial charge in [-0.25, -0.2) is 0 Å². The summed E-state index contributed by atoms with van der Waals surface area (Å²) in [5.41, 5.74) is 6.15. The molecule has 0 atom stereocenters. The minimum Gasteiger partial charge on any atom is -0.352 e. The van der Waals surface area contributed by atoms with Crippen LogP contribution in [0.3, 0.4) is 0 Å². The summed E-state index contributed by atoms with van der Waals surface area (Å²) in [5, 5.41) is 0. The molecule has 0 spiro atoms. The number of nitrogens with zero attached hydrogens (tertiary/aromatic N) is 1. The van der Waals surface area contributed by atoms with Crippen LogP contribution in [0.25, 0.3) is 0 Å². The number of carbonyl (C=O) groups is 1. The first-order valence-electron chi connectivity index (χ1n) is 9.32. The van der Waals surface area contributed by atoms with Crippen molar-refractivity contribution in [3.8, 4) is 0 Å². The van der Waals surface area contributed by atoms with E-state index in [-0.39, 0.29) is 16.6 Å². The molecule has 0 N–H and O–H groups in total. The van der Waals surface area contributed by atoms with E-state index in [1.165, 1.54) is 17.0 Å². The Morgan fingerprint density at radius 1 is 0.731 bits per heavy atom. The fraction of sp³-hybridized carbons (Fsp3) is 0.458. The van der Waals surface area contributed by atoms with Gasteiger partial charge < -0.3 is 4.90 Å². The van der Waals surface area contributed by atoms with Crippen LogP contribution in [0.5, 0.6) is 0 Å². The molecule has 0 amide bonds. The molecule has 0 fully saturated rings. The summed E-state index contributed by atoms with van der Waals surface area (Å²) in [6.45, 7) is 16.9. The lowest BCUT2D eigenvalue weighted by Gasteiger charge is -2.31. The standard InChI is InChI=1S/C24H33NO/c1-16-12-18(13-17(2)25(16)9)10-11-19-14-20(23(3,4)5)22(26)21(15-19)24(6,7)8/h10-15H,1-9H3. The molecule has 1 aliphatic carbocycles. The van der Waals surface area contributed by atoms with Gasteiger partial charge in [-0.2, -0.15) is 0 Å². The average molecular weight is 352 g/mol. The maximum Gasteiger partial charge on any atom is 0.186 e. The SMILES string of the molecule is CC1=CC(=CC=C2C=C(C(C)(C)C)C(=O)C(C(C)(C)C)=C2)C=C(C)N1C. The second-order valence-electron chi connectivity index (χ2n) is 9.41. The monoisotopic (exact) mass is 351 g/mol. The van der Waals surface area contributed by atoms with Crippen LogP contribution in [0.4, 0.5) is 0 Å². The normalized spacial score (nSPS) is 19.0. The molecule has 2 aliphatic rings. The van der Waals surface area contributed by atoms with Crippen molar-refractivity contribution in [1.29, 1.82) is 0 Å². The van der Waals surface area contributed by atoms with Gasteiger partial charge in [-0.15, -0.1) is 0 Å². The Balaban J connectivity index is 2.51. The van der Waals surface area contributed by atoms with E-state index in [1.807, 2.05) is 0 Å². The quantitative estimate of drug-likeness (QED) is 0.567. The third kappa shape index (κ3) is 4.35. The minimum atomic E-state index is -0.172. The zero-order chi connectivity index (χ0) is 19.9. The van der Waals surface area contributed by atoms with Crippen LogP contribution in [-0.2, 0) is 4.79 Å². The molecule has 2 nitrogen and oxygen atoms in total. The van der Waals surface area contributed by atoms with Crippen LogP contribution < -0.4 is 0 Å². The molecule has 0 aromatic heterocycles. The predicted octanol–water partition coefficient (Wildman–Crippen LogP) is 6.12. The molecule has 0 aromatic rings. The van der Waals surface area contributed by atoms with Crippen molar-refractivity contribution in [2.75, 3.05) is 7.05 Å². The van der Waals surface area contributed by atoms with Gasteiger partial charge >= 0.3 is 0 Å². The second kappa shape index (κ2) is 6.90. The number of allylic oxidation sites excluding steroid dienone is 12. The Morgan fingerprint density at radius 2 is 1.08 bits per heavy atom. The highest BCUT2D eigenvalue weighted by atomic mass is 16.1. The van der Waals surface area contributed by atoms with Gasteiger partial charge in [0.25, 0.3) is 0 Å². The van der Waals surface area contributed by atoms with E-state index >= 15 is 0 Å². The van der Waals surface area contributed by atoms with Gasteiger partial charge in [0.15, 0.2) is 5.78 Å². The summed E-state index contributed by atoms with van der Waals surface area (Å²) in [7, 11) is 2.08. The van der Waals surface area contributed by atoms with Crippen molar-refractivity contribution < 1.29 is 4.79 Å². The summed E-state index contributed by atoms with van der Waals surface area (Å²) < 4.78 is 0. The van der Waals surface area contributed by atoms with E-state index in [0.717, 1.165) is 16.7 Å². The van der Waals surface area contributed by atoms with Gasteiger partial charge in [0.2, 0.25) is 0 Å². The molecule has 1 aliphatic heterocycles. The van der Waals surface area contributed by atoms with Crippen LogP contribution in [0.1, 0.15) is 55.4 Å². The first-order chi connectivity index (χ1) is 11.8. The van der Waals surface area contributed by atoms with Crippen molar-refractivity contribution in [2.45, 2.75) is 55.4 Å². The van der Waals surface area contributed by atoms with Gasteiger partial charge in [0, 0.05) is 29.6 Å². The highest BCUT2D eigenvalue weighted by Gasteiger charge is 2.33. The van der Waals surface area contributed by atoms with Crippen LogP contribution >= 0.6 is 0 Å². The van der Waals surface area contributed by atoms with Gasteiger partial charge in [-0.3, -0.25) is 4.79 Å². The Labute approximate surface area is 159 Å². The number of carbonyl (C=O) groups excluding carboxylic acids is 1. The summed E-state index contributed by atoms with van der Waals surface area (Å²) >= 11 is 0. The predicted molar refractivity (Wildman–Crippen MR) is 112 cm³/mol. The Morgan fingerprint density at radius 3 is 1.42 bits per heavy atom. The Hall–Kier alpha value is -2.09. The molecule has 0 radical (unpaired) electrons. The third-order valence-corrected chi connectivity index (χ3v) is 5.00. The molecule has 0 bridgehead atoms. The van der Waals surface area contributed by atoms with Crippen LogP contribution in [0.15, 0.2) is 70.1 Å². The first-order valence-corrected chi connectivity index (χ1v) is 9.32. The largest absolute Gasteiger partial charge is 0.352 e. The fourth-order valence-electron chi connectivity index (χ4n) is 3.15. The van der Waals surface area contributed by atoms with Crippen molar-refractivity contribution in [1.82, 2.24) is 4.90 Å². The molecule has 2 heteroatoms. The van der Waals surface area contributed by atoms with Crippen molar-refractivity contribution in [2.24, 2.45) is 10.8 Å². The summed E-state index contributed by atoms with van der Waals surface area (Å²) in [4.78, 5) is 15.2. The summed E-state index contributed by atoms with van der Waals surface area (Å²) in [6, 6.07) is 0. The van der Waals surface area contributed by atoms with E-state index in [9.17, 15) is 4.79 Å². The highest BCUT2D eigenvalue weighted by Crippen LogP contribution is 2.38. The van der Waals surface area contributed by atoms with Crippen LogP contribution in [0, 0.1) is 10.8 Å². The number of hydrogen-bond acceptors (Lipinski definition) is 2. The fourth-order valence-corrected chi connectivity index (χ4v) is 3.15. The number of rotatable bonds is 1. The topological polar surface area (TPSA) is 20.3 Å². The molecule has 1 heterocycles. The zero-order valence-electron chi connectivity index (χ0n) is 17.8. The zero-order valence-corrected chi connectivity index (χ0v) is 17.8. The molecule has 0 saturated heterocycles. The Bertz CT molecular complexity index is 738. The molecule has 0 saturated carbocycles. The van der Waals surface area contributed by atoms with Crippen molar-refractivity contribution >= 4 is 5.78 Å². The van der Waals surface area contributed by atoms with Crippen LogP contribution in [0.2, 0.25) is 0 Å². The van der Waals surface area contributed by atoms with Crippen LogP contribution in [-0.4, -0.2) is 17.7 Å². The smallest absolute Gasteiger partial charge is 0.186 e. The highest BCUT2D eigenvalue weighted by molar-refractivity contribution is 6.11. The lowest BCUT2D eigenvalue weighted by molar-refractivity contribution is -0.114. The van der Waals surface area contributed by atoms with Crippen molar-refractivity contribution in [3.05, 3.63) is 70.1 Å². The number of hydrogen-bond donors (Lipinski definition) is 0. The number of ketones is 1. The molecule has 2 rings (SSSR count). The van der Waals surface area contributed by atoms with Gasteiger partial charge in [-0.1, -0.05) is 53.7 Å². The summed E-state index contributed by atoms with van der Waals surface area (Å²) in [6.07, 6.45) is 12.7. The molecule has 26 heavy (non-hydrogen) atoms. The van der Waals surface area contributed by atoms with E-state index in [4.69, 9.17) is 0 Å².